The Morgan fingerprint density at radius 3 is 2.86 bits per heavy atom. The summed E-state index contributed by atoms with van der Waals surface area (Å²) in [4.78, 5) is 0. The molecule has 0 aromatic carbocycles. The number of ether oxygens (including phenoxy) is 1. The molecule has 2 N–H and O–H groups in total. The van der Waals surface area contributed by atoms with Crippen molar-refractivity contribution in [3.63, 3.8) is 0 Å². The predicted molar refractivity (Wildman–Crippen MR) is 82.9 cm³/mol. The molecule has 2 unspecified atom stereocenters. The first kappa shape index (κ1) is 15.4. The van der Waals surface area contributed by atoms with E-state index in [0.29, 0.717) is 10.3 Å². The van der Waals surface area contributed by atoms with Gasteiger partial charge in [-0.05, 0) is 49.1 Å². The average molecular weight is 330 g/mol. The van der Waals surface area contributed by atoms with Gasteiger partial charge in [0, 0.05) is 25.7 Å². The standard InChI is InChI=1S/C14H22N2O3S2/c1-19-13-4-2-3-12(13)16-21(17,18)14-7-10(9-20-14)8-15-11-5-6-11/h7,9,11-13,15-16H,2-6,8H2,1H3. The zero-order valence-corrected chi connectivity index (χ0v) is 13.8. The molecule has 2 fully saturated rings. The fraction of sp³-hybridized carbons (Fsp3) is 0.714. The van der Waals surface area contributed by atoms with Gasteiger partial charge in [0.15, 0.2) is 0 Å². The molecule has 7 heteroatoms. The van der Waals surface area contributed by atoms with E-state index in [9.17, 15) is 8.42 Å². The molecule has 0 spiro atoms. The van der Waals surface area contributed by atoms with Crippen molar-refractivity contribution in [1.82, 2.24) is 10.0 Å². The Kier molecular flexibility index (Phi) is 4.66. The van der Waals surface area contributed by atoms with E-state index in [1.54, 1.807) is 13.2 Å². The Labute approximate surface area is 130 Å². The Bertz CT molecular complexity index is 581. The molecule has 2 aliphatic carbocycles. The van der Waals surface area contributed by atoms with Crippen LogP contribution in [0.5, 0.6) is 0 Å². The highest BCUT2D eigenvalue weighted by atomic mass is 32.2. The van der Waals surface area contributed by atoms with Gasteiger partial charge in [0.25, 0.3) is 0 Å². The minimum Gasteiger partial charge on any atom is -0.380 e. The predicted octanol–water partition coefficient (Wildman–Crippen LogP) is 1.85. The molecular weight excluding hydrogens is 308 g/mol. The Morgan fingerprint density at radius 2 is 2.14 bits per heavy atom. The summed E-state index contributed by atoms with van der Waals surface area (Å²) in [6.45, 7) is 0.751. The molecule has 1 heterocycles. The Hall–Kier alpha value is -0.470. The van der Waals surface area contributed by atoms with Crippen LogP contribution >= 0.6 is 11.3 Å². The third kappa shape index (κ3) is 3.84. The summed E-state index contributed by atoms with van der Waals surface area (Å²) in [6, 6.07) is 2.30. The molecule has 1 aromatic rings. The van der Waals surface area contributed by atoms with Crippen molar-refractivity contribution in [1.29, 1.82) is 0 Å². The van der Waals surface area contributed by atoms with Crippen LogP contribution in [0.3, 0.4) is 0 Å². The molecule has 2 saturated carbocycles. The fourth-order valence-electron chi connectivity index (χ4n) is 2.74. The molecular formula is C14H22N2O3S2. The van der Waals surface area contributed by atoms with Gasteiger partial charge in [-0.15, -0.1) is 11.3 Å². The maximum Gasteiger partial charge on any atom is 0.250 e. The molecule has 0 aliphatic heterocycles. The summed E-state index contributed by atoms with van der Waals surface area (Å²) >= 11 is 1.29. The molecule has 0 amide bonds. The summed E-state index contributed by atoms with van der Waals surface area (Å²) in [6.07, 6.45) is 5.24. The lowest BCUT2D eigenvalue weighted by atomic mass is 10.2. The van der Waals surface area contributed by atoms with Crippen LogP contribution in [-0.4, -0.2) is 33.7 Å². The van der Waals surface area contributed by atoms with Gasteiger partial charge in [0.05, 0.1) is 6.10 Å². The first-order chi connectivity index (χ1) is 10.1. The monoisotopic (exact) mass is 330 g/mol. The van der Waals surface area contributed by atoms with Gasteiger partial charge < -0.3 is 10.1 Å². The zero-order chi connectivity index (χ0) is 14.9. The molecule has 0 bridgehead atoms. The van der Waals surface area contributed by atoms with Crippen LogP contribution in [0, 0.1) is 0 Å². The second-order valence-electron chi connectivity index (χ2n) is 5.86. The van der Waals surface area contributed by atoms with Crippen LogP contribution in [0.25, 0.3) is 0 Å². The number of rotatable bonds is 7. The maximum absolute atomic E-state index is 12.4. The summed E-state index contributed by atoms with van der Waals surface area (Å²) in [5.74, 6) is 0. The highest BCUT2D eigenvalue weighted by Crippen LogP contribution is 2.26. The lowest BCUT2D eigenvalue weighted by molar-refractivity contribution is 0.0916. The third-order valence-electron chi connectivity index (χ3n) is 4.13. The first-order valence-corrected chi connectivity index (χ1v) is 9.80. The van der Waals surface area contributed by atoms with Crippen LogP contribution in [0.2, 0.25) is 0 Å². The minimum atomic E-state index is -3.43. The summed E-state index contributed by atoms with van der Waals surface area (Å²) < 4.78 is 33.4. The smallest absolute Gasteiger partial charge is 0.250 e. The van der Waals surface area contributed by atoms with Crippen molar-refractivity contribution in [2.75, 3.05) is 7.11 Å². The maximum atomic E-state index is 12.4. The number of nitrogens with one attached hydrogen (secondary N) is 2. The molecule has 0 radical (unpaired) electrons. The van der Waals surface area contributed by atoms with E-state index in [0.717, 1.165) is 31.4 Å². The van der Waals surface area contributed by atoms with Gasteiger partial charge in [-0.2, -0.15) is 0 Å². The highest BCUT2D eigenvalue weighted by molar-refractivity contribution is 7.91. The topological polar surface area (TPSA) is 67.4 Å². The van der Waals surface area contributed by atoms with Crippen LogP contribution in [0.15, 0.2) is 15.7 Å². The number of sulfonamides is 1. The quantitative estimate of drug-likeness (QED) is 0.801. The van der Waals surface area contributed by atoms with E-state index in [-0.39, 0.29) is 12.1 Å². The molecule has 2 atom stereocenters. The summed E-state index contributed by atoms with van der Waals surface area (Å²) in [5.41, 5.74) is 1.04. The van der Waals surface area contributed by atoms with Crippen molar-refractivity contribution in [3.05, 3.63) is 17.0 Å². The Morgan fingerprint density at radius 1 is 1.33 bits per heavy atom. The fourth-order valence-corrected chi connectivity index (χ4v) is 5.26. The zero-order valence-electron chi connectivity index (χ0n) is 12.2. The normalized spacial score (nSPS) is 26.3. The van der Waals surface area contributed by atoms with Crippen molar-refractivity contribution >= 4 is 21.4 Å². The van der Waals surface area contributed by atoms with Crippen molar-refractivity contribution in [2.45, 2.75) is 61.0 Å². The lowest BCUT2D eigenvalue weighted by Crippen LogP contribution is -2.40. The van der Waals surface area contributed by atoms with E-state index in [2.05, 4.69) is 10.0 Å². The summed E-state index contributed by atoms with van der Waals surface area (Å²) in [5, 5.41) is 5.32. The second-order valence-corrected chi connectivity index (χ2v) is 8.71. The van der Waals surface area contributed by atoms with Gasteiger partial charge in [0.2, 0.25) is 10.0 Å². The molecule has 0 saturated heterocycles. The van der Waals surface area contributed by atoms with Gasteiger partial charge in [-0.25, -0.2) is 13.1 Å². The SMILES string of the molecule is COC1CCCC1NS(=O)(=O)c1cc(CNC2CC2)cs1. The van der Waals surface area contributed by atoms with Gasteiger partial charge in [-0.3, -0.25) is 0 Å². The largest absolute Gasteiger partial charge is 0.380 e. The average Bonchev–Trinajstić information content (AvgIpc) is 2.98. The molecule has 118 valence electrons. The van der Waals surface area contributed by atoms with E-state index >= 15 is 0 Å². The molecule has 1 aromatic heterocycles. The van der Waals surface area contributed by atoms with E-state index < -0.39 is 10.0 Å². The molecule has 2 aliphatic rings. The van der Waals surface area contributed by atoms with Gasteiger partial charge >= 0.3 is 0 Å². The minimum absolute atomic E-state index is 0.00394. The number of hydrogen-bond donors (Lipinski definition) is 2. The van der Waals surface area contributed by atoms with Crippen LogP contribution in [-0.2, 0) is 21.3 Å². The van der Waals surface area contributed by atoms with E-state index in [1.165, 1.54) is 24.2 Å². The van der Waals surface area contributed by atoms with Crippen LogP contribution < -0.4 is 10.0 Å². The highest BCUT2D eigenvalue weighted by Gasteiger charge is 2.31. The van der Waals surface area contributed by atoms with E-state index in [4.69, 9.17) is 4.74 Å². The second kappa shape index (κ2) is 6.34. The summed E-state index contributed by atoms with van der Waals surface area (Å²) in [7, 11) is -1.79. The molecule has 5 nitrogen and oxygen atoms in total. The number of hydrogen-bond acceptors (Lipinski definition) is 5. The molecule has 3 rings (SSSR count). The van der Waals surface area contributed by atoms with Crippen molar-refractivity contribution in [2.24, 2.45) is 0 Å². The van der Waals surface area contributed by atoms with Crippen molar-refractivity contribution in [3.8, 4) is 0 Å². The van der Waals surface area contributed by atoms with Crippen LogP contribution in [0.4, 0.5) is 0 Å². The Balaban J connectivity index is 1.63. The number of methoxy groups -OCH3 is 1. The van der Waals surface area contributed by atoms with Gasteiger partial charge in [0.1, 0.15) is 4.21 Å². The molecule has 21 heavy (non-hydrogen) atoms. The number of thiophene rings is 1. The van der Waals surface area contributed by atoms with E-state index in [1.807, 2.05) is 5.38 Å². The van der Waals surface area contributed by atoms with Gasteiger partial charge in [-0.1, -0.05) is 0 Å². The van der Waals surface area contributed by atoms with Crippen LogP contribution in [0.1, 0.15) is 37.7 Å². The third-order valence-corrected chi connectivity index (χ3v) is 7.11. The first-order valence-electron chi connectivity index (χ1n) is 7.44. The lowest BCUT2D eigenvalue weighted by Gasteiger charge is -2.18. The van der Waals surface area contributed by atoms with Crippen molar-refractivity contribution < 1.29 is 13.2 Å².